The molecule has 0 bridgehead atoms. The van der Waals surface area contributed by atoms with Crippen LogP contribution in [0.25, 0.3) is 0 Å². The molecule has 0 fully saturated rings. The summed E-state index contributed by atoms with van der Waals surface area (Å²) in [6.45, 7) is 5.13. The Hall–Kier alpha value is -2.76. The Morgan fingerprint density at radius 3 is 2.36 bits per heavy atom. The molecule has 0 atom stereocenters. The van der Waals surface area contributed by atoms with Crippen molar-refractivity contribution in [3.05, 3.63) is 11.8 Å². The van der Waals surface area contributed by atoms with Gasteiger partial charge in [0.2, 0.25) is 0 Å². The summed E-state index contributed by atoms with van der Waals surface area (Å²) >= 11 is 0. The van der Waals surface area contributed by atoms with Gasteiger partial charge in [0.1, 0.15) is 23.8 Å². The van der Waals surface area contributed by atoms with E-state index < -0.39 is 30.1 Å². The van der Waals surface area contributed by atoms with E-state index in [1.165, 1.54) is 0 Å². The second-order valence-corrected chi connectivity index (χ2v) is 5.13. The Bertz CT molecular complexity index is 488. The van der Waals surface area contributed by atoms with Gasteiger partial charge in [-0.05, 0) is 20.8 Å². The average molecular weight is 312 g/mol. The molecule has 0 aliphatic heterocycles. The minimum atomic E-state index is -1.21. The van der Waals surface area contributed by atoms with Gasteiger partial charge in [0.25, 0.3) is 5.91 Å². The summed E-state index contributed by atoms with van der Waals surface area (Å²) in [4.78, 5) is 33.0. The van der Waals surface area contributed by atoms with Crippen LogP contribution in [0.3, 0.4) is 0 Å². The lowest BCUT2D eigenvalue weighted by Crippen LogP contribution is -2.36. The fraction of sp³-hybridized carbons (Fsp3) is 0.538. The Balaban J connectivity index is 4.09. The lowest BCUT2D eigenvalue weighted by Gasteiger charge is -2.19. The first-order valence-electron chi connectivity index (χ1n) is 6.46. The molecule has 122 valence electrons. The summed E-state index contributed by atoms with van der Waals surface area (Å²) in [5.74, 6) is -2.00. The zero-order chi connectivity index (χ0) is 17.2. The second kappa shape index (κ2) is 9.23. The van der Waals surface area contributed by atoms with Gasteiger partial charge in [0.15, 0.2) is 0 Å². The summed E-state index contributed by atoms with van der Waals surface area (Å²) in [5, 5.41) is 24.4. The van der Waals surface area contributed by atoms with Crippen LogP contribution in [-0.4, -0.2) is 48.3 Å². The minimum Gasteiger partial charge on any atom is -0.480 e. The Kier molecular flexibility index (Phi) is 8.07. The fourth-order valence-electron chi connectivity index (χ4n) is 1.12. The van der Waals surface area contributed by atoms with Crippen LogP contribution in [0.15, 0.2) is 11.8 Å². The van der Waals surface area contributed by atoms with Gasteiger partial charge in [-0.25, -0.2) is 4.79 Å². The van der Waals surface area contributed by atoms with E-state index in [9.17, 15) is 14.4 Å². The van der Waals surface area contributed by atoms with Crippen molar-refractivity contribution in [2.24, 2.45) is 0 Å². The number of hydrogen-bond donors (Lipinski definition) is 4. The van der Waals surface area contributed by atoms with Crippen LogP contribution in [-0.2, 0) is 14.3 Å². The normalized spacial score (nSPS) is 11.1. The summed E-state index contributed by atoms with van der Waals surface area (Å²) in [6.07, 6.45) is 0.575. The van der Waals surface area contributed by atoms with Crippen molar-refractivity contribution in [2.75, 3.05) is 19.6 Å². The molecule has 9 heteroatoms. The number of aliphatic carboxylic acids is 1. The first-order chi connectivity index (χ1) is 10.2. The van der Waals surface area contributed by atoms with Crippen LogP contribution in [0.4, 0.5) is 4.79 Å². The minimum absolute atomic E-state index is 0.223. The molecule has 0 rings (SSSR count). The number of ether oxygens (including phenoxy) is 1. The van der Waals surface area contributed by atoms with Crippen molar-refractivity contribution in [3.63, 3.8) is 0 Å². The number of hydrogen-bond acceptors (Lipinski definition) is 6. The van der Waals surface area contributed by atoms with E-state index in [1.807, 2.05) is 0 Å². The van der Waals surface area contributed by atoms with Gasteiger partial charge in [-0.1, -0.05) is 0 Å². The molecule has 0 unspecified atom stereocenters. The lowest BCUT2D eigenvalue weighted by molar-refractivity contribution is -0.137. The van der Waals surface area contributed by atoms with Crippen LogP contribution in [0.1, 0.15) is 20.8 Å². The van der Waals surface area contributed by atoms with E-state index in [0.29, 0.717) is 0 Å². The third-order valence-corrected chi connectivity index (χ3v) is 1.95. The summed E-state index contributed by atoms with van der Waals surface area (Å²) in [5.41, 5.74) is -0.855. The molecule has 0 radical (unpaired) electrons. The van der Waals surface area contributed by atoms with Gasteiger partial charge in [0, 0.05) is 19.3 Å². The number of amides is 2. The molecule has 0 aliphatic carbocycles. The molecule has 0 saturated heterocycles. The van der Waals surface area contributed by atoms with Crippen LogP contribution in [0.2, 0.25) is 0 Å². The van der Waals surface area contributed by atoms with Crippen LogP contribution in [0.5, 0.6) is 0 Å². The smallest absolute Gasteiger partial charge is 0.407 e. The second-order valence-electron chi connectivity index (χ2n) is 5.13. The number of carbonyl (C=O) groups is 3. The van der Waals surface area contributed by atoms with Crippen molar-refractivity contribution < 1.29 is 24.2 Å². The maximum absolute atomic E-state index is 11.4. The molecule has 2 amide bonds. The van der Waals surface area contributed by atoms with Gasteiger partial charge < -0.3 is 25.8 Å². The Labute approximate surface area is 128 Å². The largest absolute Gasteiger partial charge is 0.480 e. The highest BCUT2D eigenvalue weighted by Crippen LogP contribution is 2.05. The van der Waals surface area contributed by atoms with Gasteiger partial charge in [-0.2, -0.15) is 5.26 Å². The van der Waals surface area contributed by atoms with Gasteiger partial charge in [-0.15, -0.1) is 0 Å². The number of nitriles is 1. The molecule has 0 aromatic heterocycles. The number of alkyl carbamates (subject to hydrolysis) is 1. The maximum atomic E-state index is 11.4. The van der Waals surface area contributed by atoms with Crippen molar-refractivity contribution in [1.82, 2.24) is 16.0 Å². The Morgan fingerprint density at radius 1 is 1.23 bits per heavy atom. The van der Waals surface area contributed by atoms with Crippen molar-refractivity contribution in [1.29, 1.82) is 5.26 Å². The highest BCUT2D eigenvalue weighted by Gasteiger charge is 2.15. The molecule has 4 N–H and O–H groups in total. The molecule has 0 saturated carbocycles. The zero-order valence-corrected chi connectivity index (χ0v) is 12.7. The number of carbonyl (C=O) groups excluding carboxylic acids is 2. The summed E-state index contributed by atoms with van der Waals surface area (Å²) < 4.78 is 5.01. The molecule has 9 nitrogen and oxygen atoms in total. The highest BCUT2D eigenvalue weighted by molar-refractivity contribution is 5.98. The maximum Gasteiger partial charge on any atom is 0.407 e. The van der Waals surface area contributed by atoms with E-state index in [1.54, 1.807) is 26.8 Å². The van der Waals surface area contributed by atoms with Gasteiger partial charge in [0.05, 0.1) is 0 Å². The standard InChI is InChI=1S/C13H20N4O5/c1-13(2,3)22-12(21)16-5-4-15-7-9(6-14)11(20)17-8-10(18)19/h7,15H,4-5,8H2,1-3H3,(H,16,21)(H,17,20)(H,18,19)/b9-7-. The van der Waals surface area contributed by atoms with Crippen molar-refractivity contribution in [3.8, 4) is 6.07 Å². The van der Waals surface area contributed by atoms with E-state index in [0.717, 1.165) is 6.20 Å². The monoisotopic (exact) mass is 312 g/mol. The van der Waals surface area contributed by atoms with E-state index in [2.05, 4.69) is 16.0 Å². The zero-order valence-electron chi connectivity index (χ0n) is 12.7. The SMILES string of the molecule is CC(C)(C)OC(=O)NCCN/C=C(/C#N)C(=O)NCC(=O)O. The van der Waals surface area contributed by atoms with E-state index in [-0.39, 0.29) is 18.7 Å². The number of carboxylic acids is 1. The predicted octanol–water partition coefficient (Wildman–Crippen LogP) is -0.291. The van der Waals surface area contributed by atoms with Crippen LogP contribution in [0, 0.1) is 11.3 Å². The quantitative estimate of drug-likeness (QED) is 0.287. The molecule has 0 aromatic rings. The summed E-state index contributed by atoms with van der Waals surface area (Å²) in [7, 11) is 0. The molecule has 0 aromatic carbocycles. The van der Waals surface area contributed by atoms with Crippen molar-refractivity contribution >= 4 is 18.0 Å². The van der Waals surface area contributed by atoms with E-state index in [4.69, 9.17) is 15.1 Å². The molecule has 22 heavy (non-hydrogen) atoms. The first-order valence-corrected chi connectivity index (χ1v) is 6.46. The molecule has 0 aliphatic rings. The lowest BCUT2D eigenvalue weighted by atomic mass is 10.2. The topological polar surface area (TPSA) is 141 Å². The molecular formula is C13H20N4O5. The number of carboxylic acid groups (broad SMARTS) is 1. The predicted molar refractivity (Wildman–Crippen MR) is 76.6 cm³/mol. The first kappa shape index (κ1) is 19.2. The number of nitrogens with one attached hydrogen (secondary N) is 3. The third-order valence-electron chi connectivity index (χ3n) is 1.95. The highest BCUT2D eigenvalue weighted by atomic mass is 16.6. The average Bonchev–Trinajstić information content (AvgIpc) is 2.38. The van der Waals surface area contributed by atoms with Gasteiger partial charge >= 0.3 is 12.1 Å². The third kappa shape index (κ3) is 10.1. The Morgan fingerprint density at radius 2 is 1.86 bits per heavy atom. The van der Waals surface area contributed by atoms with E-state index >= 15 is 0 Å². The molecule has 0 spiro atoms. The fourth-order valence-corrected chi connectivity index (χ4v) is 1.12. The van der Waals surface area contributed by atoms with Crippen LogP contribution < -0.4 is 16.0 Å². The number of nitrogens with zero attached hydrogens (tertiary/aromatic N) is 1. The molecule has 0 heterocycles. The summed E-state index contributed by atoms with van der Waals surface area (Å²) in [6, 6.07) is 1.64. The van der Waals surface area contributed by atoms with Crippen molar-refractivity contribution in [2.45, 2.75) is 26.4 Å². The number of rotatable bonds is 7. The molecular weight excluding hydrogens is 292 g/mol. The van der Waals surface area contributed by atoms with Gasteiger partial charge in [-0.3, -0.25) is 9.59 Å². The van der Waals surface area contributed by atoms with Crippen LogP contribution >= 0.6 is 0 Å².